The van der Waals surface area contributed by atoms with Crippen molar-refractivity contribution < 1.29 is 9.59 Å². The number of para-hydroxylation sites is 1. The molecule has 1 aromatic carbocycles. The molecule has 2 N–H and O–H groups in total. The fourth-order valence-electron chi connectivity index (χ4n) is 1.08. The number of carbonyl (C=O) groups is 2. The first kappa shape index (κ1) is 11.2. The summed E-state index contributed by atoms with van der Waals surface area (Å²) < 4.78 is 0. The number of amides is 1. The average molecular weight is 206 g/mol. The second-order valence-electron chi connectivity index (χ2n) is 3.21. The van der Waals surface area contributed by atoms with Crippen molar-refractivity contribution in [1.29, 1.82) is 0 Å². The zero-order valence-corrected chi connectivity index (χ0v) is 8.57. The van der Waals surface area contributed by atoms with E-state index in [0.29, 0.717) is 6.29 Å². The van der Waals surface area contributed by atoms with Crippen LogP contribution in [0, 0.1) is 0 Å². The van der Waals surface area contributed by atoms with Crippen molar-refractivity contribution in [3.05, 3.63) is 30.3 Å². The van der Waals surface area contributed by atoms with Crippen LogP contribution in [0.1, 0.15) is 6.92 Å². The van der Waals surface area contributed by atoms with E-state index in [1.165, 1.54) is 0 Å². The summed E-state index contributed by atoms with van der Waals surface area (Å²) in [5.41, 5.74) is 0.881. The van der Waals surface area contributed by atoms with Gasteiger partial charge in [0.05, 0.1) is 12.6 Å². The Hall–Kier alpha value is -1.84. The molecule has 4 nitrogen and oxygen atoms in total. The van der Waals surface area contributed by atoms with Gasteiger partial charge in [0.25, 0.3) is 0 Å². The minimum atomic E-state index is -0.435. The molecule has 4 heteroatoms. The highest BCUT2D eigenvalue weighted by molar-refractivity contribution is 5.83. The van der Waals surface area contributed by atoms with E-state index in [1.54, 1.807) is 6.92 Å². The number of carbonyl (C=O) groups excluding carboxylic acids is 2. The van der Waals surface area contributed by atoms with E-state index in [4.69, 9.17) is 0 Å². The smallest absolute Gasteiger partial charge is 0.239 e. The van der Waals surface area contributed by atoms with Crippen LogP contribution in [0.25, 0.3) is 0 Å². The second-order valence-corrected chi connectivity index (χ2v) is 3.21. The highest BCUT2D eigenvalue weighted by Gasteiger charge is 2.04. The first-order valence-corrected chi connectivity index (χ1v) is 4.76. The van der Waals surface area contributed by atoms with Crippen LogP contribution in [0.3, 0.4) is 0 Å². The van der Waals surface area contributed by atoms with Gasteiger partial charge in [-0.1, -0.05) is 18.2 Å². The van der Waals surface area contributed by atoms with Gasteiger partial charge in [-0.2, -0.15) is 0 Å². The summed E-state index contributed by atoms with van der Waals surface area (Å²) >= 11 is 0. The monoisotopic (exact) mass is 206 g/mol. The van der Waals surface area contributed by atoms with Crippen LogP contribution >= 0.6 is 0 Å². The van der Waals surface area contributed by atoms with Crippen LogP contribution in [0.5, 0.6) is 0 Å². The summed E-state index contributed by atoms with van der Waals surface area (Å²) in [6.07, 6.45) is 0.695. The van der Waals surface area contributed by atoms with E-state index in [-0.39, 0.29) is 12.5 Å². The van der Waals surface area contributed by atoms with Crippen molar-refractivity contribution >= 4 is 17.9 Å². The Bertz CT molecular complexity index is 325. The van der Waals surface area contributed by atoms with Gasteiger partial charge in [-0.3, -0.25) is 4.79 Å². The van der Waals surface area contributed by atoms with Crippen LogP contribution in [0.4, 0.5) is 5.69 Å². The van der Waals surface area contributed by atoms with Crippen molar-refractivity contribution in [2.75, 3.05) is 11.9 Å². The number of aldehydes is 1. The van der Waals surface area contributed by atoms with E-state index in [2.05, 4.69) is 10.6 Å². The Morgan fingerprint density at radius 1 is 1.40 bits per heavy atom. The fraction of sp³-hybridized carbons (Fsp3) is 0.273. The van der Waals surface area contributed by atoms with Gasteiger partial charge >= 0.3 is 0 Å². The van der Waals surface area contributed by atoms with Gasteiger partial charge in [0, 0.05) is 5.69 Å². The largest absolute Gasteiger partial charge is 0.376 e. The molecule has 0 heterocycles. The Kier molecular flexibility index (Phi) is 4.34. The lowest BCUT2D eigenvalue weighted by Gasteiger charge is -2.08. The summed E-state index contributed by atoms with van der Waals surface area (Å²) in [5, 5.41) is 5.48. The second kappa shape index (κ2) is 5.80. The summed E-state index contributed by atoms with van der Waals surface area (Å²) in [5.74, 6) is -0.196. The van der Waals surface area contributed by atoms with Gasteiger partial charge in [0.15, 0.2) is 0 Å². The summed E-state index contributed by atoms with van der Waals surface area (Å²) in [4.78, 5) is 21.5. The number of benzene rings is 1. The molecule has 1 aromatic rings. The maximum atomic E-state index is 11.3. The molecule has 0 aliphatic rings. The lowest BCUT2D eigenvalue weighted by molar-refractivity contribution is -0.122. The molecule has 0 aliphatic carbocycles. The third-order valence-electron chi connectivity index (χ3n) is 1.82. The van der Waals surface area contributed by atoms with Crippen molar-refractivity contribution in [3.63, 3.8) is 0 Å². The Labute approximate surface area is 88.7 Å². The average Bonchev–Trinajstić information content (AvgIpc) is 2.27. The van der Waals surface area contributed by atoms with Crippen molar-refractivity contribution in [2.24, 2.45) is 0 Å². The molecule has 0 saturated heterocycles. The first-order valence-electron chi connectivity index (χ1n) is 4.76. The molecule has 0 bridgehead atoms. The van der Waals surface area contributed by atoms with Gasteiger partial charge in [-0.15, -0.1) is 0 Å². The van der Waals surface area contributed by atoms with Crippen LogP contribution in [0.2, 0.25) is 0 Å². The zero-order chi connectivity index (χ0) is 11.1. The van der Waals surface area contributed by atoms with Gasteiger partial charge in [0.1, 0.15) is 6.29 Å². The minimum absolute atomic E-state index is 0.169. The van der Waals surface area contributed by atoms with E-state index in [1.807, 2.05) is 30.3 Å². The van der Waals surface area contributed by atoms with Crippen LogP contribution < -0.4 is 10.6 Å². The molecule has 1 amide bonds. The summed E-state index contributed by atoms with van der Waals surface area (Å²) in [6.45, 7) is 1.80. The standard InChI is InChI=1S/C11H14N2O2/c1-9(8-14)13-11(15)7-12-10-5-3-2-4-6-10/h2-6,8-9,12H,7H2,1H3,(H,13,15)/t9-/m1/s1. The van der Waals surface area contributed by atoms with Gasteiger partial charge in [-0.05, 0) is 19.1 Å². The van der Waals surface area contributed by atoms with E-state index in [9.17, 15) is 9.59 Å². The van der Waals surface area contributed by atoms with Crippen LogP contribution in [0.15, 0.2) is 30.3 Å². The summed E-state index contributed by atoms with van der Waals surface area (Å²) in [7, 11) is 0. The van der Waals surface area contributed by atoms with Gasteiger partial charge < -0.3 is 15.4 Å². The number of anilines is 1. The zero-order valence-electron chi connectivity index (χ0n) is 8.57. The number of rotatable bonds is 5. The maximum absolute atomic E-state index is 11.3. The predicted molar refractivity (Wildman–Crippen MR) is 58.6 cm³/mol. The molecule has 0 unspecified atom stereocenters. The SMILES string of the molecule is C[C@H](C=O)NC(=O)CNc1ccccc1. The molecule has 0 saturated carbocycles. The topological polar surface area (TPSA) is 58.2 Å². The van der Waals surface area contributed by atoms with Crippen molar-refractivity contribution in [2.45, 2.75) is 13.0 Å². The summed E-state index contributed by atoms with van der Waals surface area (Å²) in [6, 6.07) is 8.98. The molecule has 0 aromatic heterocycles. The van der Waals surface area contributed by atoms with Crippen molar-refractivity contribution in [3.8, 4) is 0 Å². The Morgan fingerprint density at radius 3 is 2.67 bits per heavy atom. The molecule has 15 heavy (non-hydrogen) atoms. The van der Waals surface area contributed by atoms with Gasteiger partial charge in [-0.25, -0.2) is 0 Å². The van der Waals surface area contributed by atoms with E-state index in [0.717, 1.165) is 5.69 Å². The molecule has 1 rings (SSSR count). The first-order chi connectivity index (χ1) is 7.22. The molecule has 0 fully saturated rings. The predicted octanol–water partition coefficient (Wildman–Crippen LogP) is 0.802. The number of hydrogen-bond donors (Lipinski definition) is 2. The third-order valence-corrected chi connectivity index (χ3v) is 1.82. The lowest BCUT2D eigenvalue weighted by atomic mass is 10.3. The maximum Gasteiger partial charge on any atom is 0.239 e. The van der Waals surface area contributed by atoms with Gasteiger partial charge in [0.2, 0.25) is 5.91 Å². The number of nitrogens with one attached hydrogen (secondary N) is 2. The Balaban J connectivity index is 2.31. The molecule has 0 radical (unpaired) electrons. The normalized spacial score (nSPS) is 11.5. The lowest BCUT2D eigenvalue weighted by Crippen LogP contribution is -2.37. The van der Waals surface area contributed by atoms with E-state index < -0.39 is 6.04 Å². The number of hydrogen-bond acceptors (Lipinski definition) is 3. The van der Waals surface area contributed by atoms with Crippen LogP contribution in [-0.4, -0.2) is 24.8 Å². The highest BCUT2D eigenvalue weighted by atomic mass is 16.2. The molecular formula is C11H14N2O2. The molecule has 0 aliphatic heterocycles. The highest BCUT2D eigenvalue weighted by Crippen LogP contribution is 2.03. The molecular weight excluding hydrogens is 192 g/mol. The van der Waals surface area contributed by atoms with Crippen LogP contribution in [-0.2, 0) is 9.59 Å². The molecule has 1 atom stereocenters. The molecule has 80 valence electrons. The third kappa shape index (κ3) is 4.26. The van der Waals surface area contributed by atoms with Crippen molar-refractivity contribution in [1.82, 2.24) is 5.32 Å². The van der Waals surface area contributed by atoms with E-state index >= 15 is 0 Å². The minimum Gasteiger partial charge on any atom is -0.376 e. The quantitative estimate of drug-likeness (QED) is 0.701. The molecule has 0 spiro atoms. The Morgan fingerprint density at radius 2 is 2.07 bits per heavy atom. The fourth-order valence-corrected chi connectivity index (χ4v) is 1.08.